The highest BCUT2D eigenvalue weighted by molar-refractivity contribution is 7.98. The lowest BCUT2D eigenvalue weighted by atomic mass is 10.1. The molecule has 5 nitrogen and oxygen atoms in total. The second kappa shape index (κ2) is 5.89. The Labute approximate surface area is 137 Å². The van der Waals surface area contributed by atoms with Gasteiger partial charge in [0, 0.05) is 11.8 Å². The Morgan fingerprint density at radius 3 is 3.04 bits per heavy atom. The molecule has 4 aromatic rings. The van der Waals surface area contributed by atoms with E-state index in [-0.39, 0.29) is 0 Å². The zero-order chi connectivity index (χ0) is 15.6. The number of hydrogen-bond donors (Lipinski definition) is 0. The molecule has 0 amide bonds. The standard InChI is InChI=1S/C17H14N4OS/c1-12-5-4-6-13(9-12)16-19-15(20-22-16)11-23-17-18-10-14-7-2-3-8-21(14)17/h2-10H,11H2,1H3. The second-order valence-electron chi connectivity index (χ2n) is 5.21. The van der Waals surface area contributed by atoms with Crippen LogP contribution in [0.4, 0.5) is 0 Å². The van der Waals surface area contributed by atoms with Crippen LogP contribution < -0.4 is 0 Å². The van der Waals surface area contributed by atoms with Gasteiger partial charge in [-0.2, -0.15) is 4.98 Å². The van der Waals surface area contributed by atoms with Crippen LogP contribution in [0, 0.1) is 6.92 Å². The van der Waals surface area contributed by atoms with Gasteiger partial charge in [0.1, 0.15) is 0 Å². The average Bonchev–Trinajstić information content (AvgIpc) is 3.20. The summed E-state index contributed by atoms with van der Waals surface area (Å²) >= 11 is 1.59. The molecule has 23 heavy (non-hydrogen) atoms. The molecule has 0 aliphatic heterocycles. The number of benzene rings is 1. The fourth-order valence-corrected chi connectivity index (χ4v) is 3.17. The quantitative estimate of drug-likeness (QED) is 0.532. The third-order valence-electron chi connectivity index (χ3n) is 3.47. The molecule has 4 rings (SSSR count). The predicted molar refractivity (Wildman–Crippen MR) is 89.2 cm³/mol. The second-order valence-corrected chi connectivity index (χ2v) is 6.15. The molecule has 0 N–H and O–H groups in total. The van der Waals surface area contributed by atoms with E-state index in [9.17, 15) is 0 Å². The van der Waals surface area contributed by atoms with Crippen molar-refractivity contribution in [3.05, 3.63) is 66.2 Å². The van der Waals surface area contributed by atoms with Crippen LogP contribution in [0.3, 0.4) is 0 Å². The third-order valence-corrected chi connectivity index (χ3v) is 4.43. The van der Waals surface area contributed by atoms with Crippen LogP contribution in [-0.4, -0.2) is 19.5 Å². The zero-order valence-corrected chi connectivity index (χ0v) is 13.3. The number of fused-ring (bicyclic) bond motifs is 1. The summed E-state index contributed by atoms with van der Waals surface area (Å²) in [6, 6.07) is 14.1. The maximum absolute atomic E-state index is 5.36. The van der Waals surface area contributed by atoms with Gasteiger partial charge in [0.15, 0.2) is 11.0 Å². The van der Waals surface area contributed by atoms with Crippen molar-refractivity contribution in [1.29, 1.82) is 0 Å². The molecule has 0 bridgehead atoms. The summed E-state index contributed by atoms with van der Waals surface area (Å²) in [7, 11) is 0. The maximum atomic E-state index is 5.36. The molecule has 0 aliphatic rings. The number of nitrogens with zero attached hydrogens (tertiary/aromatic N) is 4. The average molecular weight is 322 g/mol. The Kier molecular flexibility index (Phi) is 3.59. The lowest BCUT2D eigenvalue weighted by molar-refractivity contribution is 0.425. The molecular weight excluding hydrogens is 308 g/mol. The number of imidazole rings is 1. The predicted octanol–water partition coefficient (Wildman–Crippen LogP) is 3.99. The van der Waals surface area contributed by atoms with Crippen molar-refractivity contribution in [2.24, 2.45) is 0 Å². The van der Waals surface area contributed by atoms with Crippen LogP contribution in [0.5, 0.6) is 0 Å². The molecular formula is C17H14N4OS. The molecule has 0 radical (unpaired) electrons. The largest absolute Gasteiger partial charge is 0.334 e. The van der Waals surface area contributed by atoms with Gasteiger partial charge >= 0.3 is 0 Å². The van der Waals surface area contributed by atoms with E-state index in [1.807, 2.05) is 66.2 Å². The van der Waals surface area contributed by atoms with Crippen molar-refractivity contribution in [3.8, 4) is 11.5 Å². The Balaban J connectivity index is 1.52. The van der Waals surface area contributed by atoms with E-state index in [1.165, 1.54) is 5.56 Å². The van der Waals surface area contributed by atoms with Crippen molar-refractivity contribution < 1.29 is 4.52 Å². The molecule has 0 atom stereocenters. The highest BCUT2D eigenvalue weighted by Crippen LogP contribution is 2.23. The van der Waals surface area contributed by atoms with Crippen molar-refractivity contribution in [3.63, 3.8) is 0 Å². The van der Waals surface area contributed by atoms with Gasteiger partial charge in [-0.3, -0.25) is 4.40 Å². The Morgan fingerprint density at radius 1 is 1.17 bits per heavy atom. The van der Waals surface area contributed by atoms with E-state index in [0.717, 1.165) is 16.2 Å². The first-order chi connectivity index (χ1) is 11.3. The minimum atomic E-state index is 0.553. The summed E-state index contributed by atoms with van der Waals surface area (Å²) in [5, 5.41) is 4.98. The smallest absolute Gasteiger partial charge is 0.257 e. The van der Waals surface area contributed by atoms with Crippen molar-refractivity contribution in [2.75, 3.05) is 0 Å². The molecule has 0 spiro atoms. The molecule has 0 aliphatic carbocycles. The topological polar surface area (TPSA) is 56.2 Å². The number of rotatable bonds is 4. The number of aryl methyl sites for hydroxylation is 1. The van der Waals surface area contributed by atoms with E-state index in [4.69, 9.17) is 4.52 Å². The van der Waals surface area contributed by atoms with E-state index >= 15 is 0 Å². The van der Waals surface area contributed by atoms with E-state index in [1.54, 1.807) is 11.8 Å². The number of aromatic nitrogens is 4. The van der Waals surface area contributed by atoms with Gasteiger partial charge in [-0.25, -0.2) is 4.98 Å². The van der Waals surface area contributed by atoms with E-state index in [0.29, 0.717) is 17.5 Å². The number of thioether (sulfide) groups is 1. The Bertz CT molecular complexity index is 960. The van der Waals surface area contributed by atoms with Crippen LogP contribution >= 0.6 is 11.8 Å². The Morgan fingerprint density at radius 2 is 2.13 bits per heavy atom. The van der Waals surface area contributed by atoms with Crippen LogP contribution in [0.25, 0.3) is 17.0 Å². The van der Waals surface area contributed by atoms with Crippen LogP contribution in [0.2, 0.25) is 0 Å². The summed E-state index contributed by atoms with van der Waals surface area (Å²) in [5.74, 6) is 1.83. The first kappa shape index (κ1) is 14.0. The van der Waals surface area contributed by atoms with E-state index < -0.39 is 0 Å². The van der Waals surface area contributed by atoms with Crippen molar-refractivity contribution in [1.82, 2.24) is 19.5 Å². The maximum Gasteiger partial charge on any atom is 0.257 e. The molecule has 0 fully saturated rings. The SMILES string of the molecule is Cc1cccc(-c2nc(CSc3ncc4ccccn34)no2)c1. The number of hydrogen-bond acceptors (Lipinski definition) is 5. The lowest BCUT2D eigenvalue weighted by Gasteiger charge is -1.98. The summed E-state index contributed by atoms with van der Waals surface area (Å²) in [5.41, 5.74) is 3.18. The molecule has 0 saturated carbocycles. The molecule has 0 saturated heterocycles. The normalized spacial score (nSPS) is 11.2. The highest BCUT2D eigenvalue weighted by Gasteiger charge is 2.11. The van der Waals surface area contributed by atoms with Crippen LogP contribution in [0.1, 0.15) is 11.4 Å². The van der Waals surface area contributed by atoms with Crippen molar-refractivity contribution in [2.45, 2.75) is 17.8 Å². The van der Waals surface area contributed by atoms with E-state index in [2.05, 4.69) is 15.1 Å². The fraction of sp³-hybridized carbons (Fsp3) is 0.118. The van der Waals surface area contributed by atoms with Gasteiger partial charge < -0.3 is 4.52 Å². The molecule has 3 heterocycles. The number of pyridine rings is 1. The summed E-state index contributed by atoms with van der Waals surface area (Å²) in [6.07, 6.45) is 3.86. The van der Waals surface area contributed by atoms with Gasteiger partial charge in [0.2, 0.25) is 0 Å². The molecule has 6 heteroatoms. The Hall–Kier alpha value is -2.60. The first-order valence-corrected chi connectivity index (χ1v) is 8.23. The molecule has 3 aromatic heterocycles. The summed E-state index contributed by atoms with van der Waals surface area (Å²) < 4.78 is 7.41. The van der Waals surface area contributed by atoms with Gasteiger partial charge in [0.25, 0.3) is 5.89 Å². The van der Waals surface area contributed by atoms with Crippen molar-refractivity contribution >= 4 is 17.3 Å². The molecule has 0 unspecified atom stereocenters. The molecule has 1 aromatic carbocycles. The fourth-order valence-electron chi connectivity index (χ4n) is 2.36. The third kappa shape index (κ3) is 2.85. The van der Waals surface area contributed by atoms with Gasteiger partial charge in [-0.05, 0) is 31.2 Å². The van der Waals surface area contributed by atoms with Crippen LogP contribution in [0.15, 0.2) is 64.5 Å². The summed E-state index contributed by atoms with van der Waals surface area (Å²) in [6.45, 7) is 2.04. The molecule has 114 valence electrons. The highest BCUT2D eigenvalue weighted by atomic mass is 32.2. The minimum Gasteiger partial charge on any atom is -0.334 e. The first-order valence-electron chi connectivity index (χ1n) is 7.24. The zero-order valence-electron chi connectivity index (χ0n) is 12.5. The monoisotopic (exact) mass is 322 g/mol. The van der Waals surface area contributed by atoms with Gasteiger partial charge in [-0.15, -0.1) is 0 Å². The lowest BCUT2D eigenvalue weighted by Crippen LogP contribution is -1.89. The van der Waals surface area contributed by atoms with Crippen LogP contribution in [-0.2, 0) is 5.75 Å². The summed E-state index contributed by atoms with van der Waals surface area (Å²) in [4.78, 5) is 8.89. The van der Waals surface area contributed by atoms with Gasteiger partial charge in [-0.1, -0.05) is 40.7 Å². The minimum absolute atomic E-state index is 0.553. The van der Waals surface area contributed by atoms with Gasteiger partial charge in [0.05, 0.1) is 17.5 Å².